The molecular formula is C9H18O3. The fraction of sp³-hybridized carbons (Fsp3) is 1.00. The molecule has 1 saturated heterocycles. The fourth-order valence-corrected chi connectivity index (χ4v) is 1.40. The molecule has 0 unspecified atom stereocenters. The molecule has 72 valence electrons. The molecular weight excluding hydrogens is 156 g/mol. The van der Waals surface area contributed by atoms with Gasteiger partial charge >= 0.3 is 0 Å². The molecule has 0 aromatic carbocycles. The first-order chi connectivity index (χ1) is 5.86. The van der Waals surface area contributed by atoms with Gasteiger partial charge in [-0.2, -0.15) is 0 Å². The van der Waals surface area contributed by atoms with Crippen molar-refractivity contribution < 1.29 is 14.6 Å². The smallest absolute Gasteiger partial charge is 0.0814 e. The predicted molar refractivity (Wildman–Crippen MR) is 46.1 cm³/mol. The summed E-state index contributed by atoms with van der Waals surface area (Å²) in [6.45, 7) is 3.73. The van der Waals surface area contributed by atoms with Crippen LogP contribution in [0.25, 0.3) is 0 Å². The Bertz CT molecular complexity index is 116. The van der Waals surface area contributed by atoms with Crippen LogP contribution < -0.4 is 0 Å². The van der Waals surface area contributed by atoms with Crippen molar-refractivity contribution >= 4 is 0 Å². The van der Waals surface area contributed by atoms with Crippen LogP contribution in [-0.4, -0.2) is 37.1 Å². The Balaban J connectivity index is 2.03. The van der Waals surface area contributed by atoms with Crippen LogP contribution in [0.2, 0.25) is 0 Å². The second kappa shape index (κ2) is 5.51. The highest BCUT2D eigenvalue weighted by Crippen LogP contribution is 2.19. The summed E-state index contributed by atoms with van der Waals surface area (Å²) in [6, 6.07) is 0. The number of hydrogen-bond acceptors (Lipinski definition) is 3. The van der Waals surface area contributed by atoms with E-state index >= 15 is 0 Å². The Kier molecular flexibility index (Phi) is 4.58. The average Bonchev–Trinajstić information content (AvgIpc) is 2.53. The van der Waals surface area contributed by atoms with Gasteiger partial charge < -0.3 is 14.6 Å². The van der Waals surface area contributed by atoms with E-state index in [4.69, 9.17) is 14.6 Å². The molecule has 12 heavy (non-hydrogen) atoms. The molecule has 3 nitrogen and oxygen atoms in total. The molecule has 0 radical (unpaired) electrons. The average molecular weight is 174 g/mol. The van der Waals surface area contributed by atoms with Crippen LogP contribution in [0.1, 0.15) is 26.2 Å². The second-order valence-electron chi connectivity index (χ2n) is 3.21. The van der Waals surface area contributed by atoms with Crippen molar-refractivity contribution in [2.75, 3.05) is 19.8 Å². The Morgan fingerprint density at radius 3 is 2.75 bits per heavy atom. The van der Waals surface area contributed by atoms with Crippen LogP contribution in [0, 0.1) is 0 Å². The van der Waals surface area contributed by atoms with Crippen LogP contribution in [0.15, 0.2) is 0 Å². The summed E-state index contributed by atoms with van der Waals surface area (Å²) in [4.78, 5) is 0. The minimum Gasteiger partial charge on any atom is -0.394 e. The molecule has 0 aromatic rings. The van der Waals surface area contributed by atoms with Gasteiger partial charge in [0.1, 0.15) is 0 Å². The first-order valence-corrected chi connectivity index (χ1v) is 4.71. The van der Waals surface area contributed by atoms with Crippen molar-refractivity contribution in [2.45, 2.75) is 38.4 Å². The molecule has 0 spiro atoms. The highest BCUT2D eigenvalue weighted by atomic mass is 16.5. The Morgan fingerprint density at radius 2 is 2.17 bits per heavy atom. The van der Waals surface area contributed by atoms with Crippen LogP contribution >= 0.6 is 0 Å². The second-order valence-corrected chi connectivity index (χ2v) is 3.21. The first kappa shape index (κ1) is 9.96. The third-order valence-corrected chi connectivity index (χ3v) is 2.05. The van der Waals surface area contributed by atoms with Crippen LogP contribution in [0.3, 0.4) is 0 Å². The Morgan fingerprint density at radius 1 is 1.42 bits per heavy atom. The molecule has 1 fully saturated rings. The number of aliphatic hydroxyl groups excluding tert-OH is 1. The lowest BCUT2D eigenvalue weighted by atomic mass is 10.2. The maximum atomic E-state index is 8.79. The van der Waals surface area contributed by atoms with E-state index in [1.807, 2.05) is 0 Å². The number of hydrogen-bond donors (Lipinski definition) is 1. The van der Waals surface area contributed by atoms with Gasteiger partial charge in [-0.1, -0.05) is 6.92 Å². The molecule has 0 bridgehead atoms. The van der Waals surface area contributed by atoms with E-state index in [1.54, 1.807) is 0 Å². The molecule has 1 N–H and O–H groups in total. The lowest BCUT2D eigenvalue weighted by Gasteiger charge is -2.11. The zero-order valence-corrected chi connectivity index (χ0v) is 7.66. The summed E-state index contributed by atoms with van der Waals surface area (Å²) in [7, 11) is 0. The summed E-state index contributed by atoms with van der Waals surface area (Å²) >= 11 is 0. The van der Waals surface area contributed by atoms with Gasteiger partial charge in [0.2, 0.25) is 0 Å². The number of aliphatic hydroxyl groups is 1. The molecule has 3 heteroatoms. The molecule has 1 aliphatic heterocycles. The van der Waals surface area contributed by atoms with Crippen molar-refractivity contribution in [3.63, 3.8) is 0 Å². The van der Waals surface area contributed by atoms with Gasteiger partial charge in [0.25, 0.3) is 0 Å². The van der Waals surface area contributed by atoms with Gasteiger partial charge in [-0.25, -0.2) is 0 Å². The SMILES string of the molecule is CCCOC[C@H]1CC[C@@H](CO)O1. The van der Waals surface area contributed by atoms with Gasteiger partial charge in [0.05, 0.1) is 25.4 Å². The van der Waals surface area contributed by atoms with Crippen LogP contribution in [0.5, 0.6) is 0 Å². The lowest BCUT2D eigenvalue weighted by Crippen LogP contribution is -2.19. The van der Waals surface area contributed by atoms with Crippen molar-refractivity contribution in [1.29, 1.82) is 0 Å². The maximum Gasteiger partial charge on any atom is 0.0814 e. The van der Waals surface area contributed by atoms with Gasteiger partial charge in [-0.05, 0) is 19.3 Å². The van der Waals surface area contributed by atoms with E-state index in [-0.39, 0.29) is 18.8 Å². The molecule has 1 aliphatic rings. The quantitative estimate of drug-likeness (QED) is 0.631. The van der Waals surface area contributed by atoms with E-state index in [0.717, 1.165) is 25.9 Å². The fourth-order valence-electron chi connectivity index (χ4n) is 1.40. The molecule has 0 aromatic heterocycles. The topological polar surface area (TPSA) is 38.7 Å². The monoisotopic (exact) mass is 174 g/mol. The van der Waals surface area contributed by atoms with E-state index in [0.29, 0.717) is 6.61 Å². The summed E-state index contributed by atoms with van der Waals surface area (Å²) in [5.41, 5.74) is 0. The summed E-state index contributed by atoms with van der Waals surface area (Å²) < 4.78 is 10.8. The molecule has 0 saturated carbocycles. The molecule has 1 rings (SSSR count). The summed E-state index contributed by atoms with van der Waals surface area (Å²) in [5, 5.41) is 8.79. The molecule has 0 amide bonds. The molecule has 0 aliphatic carbocycles. The van der Waals surface area contributed by atoms with E-state index in [9.17, 15) is 0 Å². The normalized spacial score (nSPS) is 29.5. The van der Waals surface area contributed by atoms with Crippen LogP contribution in [-0.2, 0) is 9.47 Å². The van der Waals surface area contributed by atoms with Crippen LogP contribution in [0.4, 0.5) is 0 Å². The highest BCUT2D eigenvalue weighted by Gasteiger charge is 2.24. The van der Waals surface area contributed by atoms with Crippen molar-refractivity contribution in [2.24, 2.45) is 0 Å². The zero-order chi connectivity index (χ0) is 8.81. The lowest BCUT2D eigenvalue weighted by molar-refractivity contribution is -0.0312. The van der Waals surface area contributed by atoms with Gasteiger partial charge in [0, 0.05) is 6.61 Å². The summed E-state index contributed by atoms with van der Waals surface area (Å²) in [5.74, 6) is 0. The largest absolute Gasteiger partial charge is 0.394 e. The molecule has 1 heterocycles. The molecule has 2 atom stereocenters. The van der Waals surface area contributed by atoms with Gasteiger partial charge in [-0.3, -0.25) is 0 Å². The standard InChI is InChI=1S/C9H18O3/c1-2-5-11-7-9-4-3-8(6-10)12-9/h8-10H,2-7H2,1H3/t8-,9+/m0/s1. The minimum absolute atomic E-state index is 0.0558. The Labute approximate surface area is 73.7 Å². The highest BCUT2D eigenvalue weighted by molar-refractivity contribution is 4.72. The first-order valence-electron chi connectivity index (χ1n) is 4.71. The van der Waals surface area contributed by atoms with E-state index < -0.39 is 0 Å². The predicted octanol–water partition coefficient (Wildman–Crippen LogP) is 0.953. The minimum atomic E-state index is 0.0558. The van der Waals surface area contributed by atoms with Crippen molar-refractivity contribution in [3.8, 4) is 0 Å². The van der Waals surface area contributed by atoms with Crippen molar-refractivity contribution in [1.82, 2.24) is 0 Å². The Hall–Kier alpha value is -0.120. The third-order valence-electron chi connectivity index (χ3n) is 2.05. The zero-order valence-electron chi connectivity index (χ0n) is 7.66. The number of ether oxygens (including phenoxy) is 2. The van der Waals surface area contributed by atoms with Gasteiger partial charge in [-0.15, -0.1) is 0 Å². The van der Waals surface area contributed by atoms with Gasteiger partial charge in [0.15, 0.2) is 0 Å². The van der Waals surface area contributed by atoms with E-state index in [2.05, 4.69) is 6.92 Å². The number of rotatable bonds is 5. The maximum absolute atomic E-state index is 8.79. The third kappa shape index (κ3) is 3.09. The summed E-state index contributed by atoms with van der Waals surface area (Å²) in [6.07, 6.45) is 3.32. The van der Waals surface area contributed by atoms with E-state index in [1.165, 1.54) is 0 Å². The van der Waals surface area contributed by atoms with Crippen molar-refractivity contribution in [3.05, 3.63) is 0 Å².